The molecule has 1 aromatic carbocycles. The summed E-state index contributed by atoms with van der Waals surface area (Å²) < 4.78 is 11.6. The highest BCUT2D eigenvalue weighted by atomic mass is 32.1. The van der Waals surface area contributed by atoms with E-state index in [1.807, 2.05) is 12.1 Å². The van der Waals surface area contributed by atoms with Crippen LogP contribution in [0.15, 0.2) is 12.1 Å². The number of methoxy groups -OCH3 is 2. The number of benzene rings is 1. The molecule has 1 aliphatic rings. The lowest BCUT2D eigenvalue weighted by atomic mass is 9.93. The van der Waals surface area contributed by atoms with Gasteiger partial charge in [0.05, 0.1) is 24.5 Å². The Kier molecular flexibility index (Phi) is 3.91. The lowest BCUT2D eigenvalue weighted by Crippen LogP contribution is -2.39. The molecule has 0 saturated heterocycles. The van der Waals surface area contributed by atoms with Crippen molar-refractivity contribution >= 4 is 33.3 Å². The second-order valence-electron chi connectivity index (χ2n) is 6.46. The van der Waals surface area contributed by atoms with E-state index in [9.17, 15) is 14.7 Å². The summed E-state index contributed by atoms with van der Waals surface area (Å²) in [6, 6.07) is 3.75. The average molecular weight is 349 g/mol. The van der Waals surface area contributed by atoms with Crippen molar-refractivity contribution in [3.63, 3.8) is 0 Å². The van der Waals surface area contributed by atoms with E-state index in [1.165, 1.54) is 11.3 Å². The van der Waals surface area contributed by atoms with E-state index in [-0.39, 0.29) is 12.5 Å². The van der Waals surface area contributed by atoms with Crippen molar-refractivity contribution in [3.05, 3.63) is 22.6 Å². The third-order valence-corrected chi connectivity index (χ3v) is 5.48. The van der Waals surface area contributed by atoms with Gasteiger partial charge in [0.2, 0.25) is 0 Å². The molecule has 1 aromatic heterocycles. The number of rotatable bonds is 5. The molecular weight excluding hydrogens is 330 g/mol. The van der Waals surface area contributed by atoms with Crippen LogP contribution in [0.3, 0.4) is 0 Å². The second-order valence-corrected chi connectivity index (χ2v) is 7.52. The highest BCUT2D eigenvalue weighted by Gasteiger charge is 2.38. The third kappa shape index (κ3) is 2.49. The molecule has 0 unspecified atom stereocenters. The molecule has 3 rings (SSSR count). The van der Waals surface area contributed by atoms with Gasteiger partial charge < -0.3 is 19.5 Å². The van der Waals surface area contributed by atoms with E-state index in [4.69, 9.17) is 9.47 Å². The second kappa shape index (κ2) is 5.66. The third-order valence-electron chi connectivity index (χ3n) is 4.29. The Balaban J connectivity index is 1.99. The van der Waals surface area contributed by atoms with Crippen molar-refractivity contribution in [2.45, 2.75) is 20.4 Å². The number of carbonyl (C=O) groups is 2. The molecule has 0 atom stereocenters. The van der Waals surface area contributed by atoms with Crippen LogP contribution in [0, 0.1) is 5.41 Å². The number of thiophene rings is 1. The van der Waals surface area contributed by atoms with E-state index in [2.05, 4.69) is 0 Å². The van der Waals surface area contributed by atoms with Gasteiger partial charge in [0, 0.05) is 34.8 Å². The Morgan fingerprint density at radius 3 is 2.50 bits per heavy atom. The molecule has 0 spiro atoms. The Hall–Kier alpha value is -2.28. The van der Waals surface area contributed by atoms with Crippen molar-refractivity contribution in [2.24, 2.45) is 5.41 Å². The predicted molar refractivity (Wildman–Crippen MR) is 91.1 cm³/mol. The van der Waals surface area contributed by atoms with E-state index >= 15 is 0 Å². The summed E-state index contributed by atoms with van der Waals surface area (Å²) in [7, 11) is 3.15. The number of hydrogen-bond donors (Lipinski definition) is 1. The molecule has 0 saturated carbocycles. The van der Waals surface area contributed by atoms with Crippen molar-refractivity contribution in [1.29, 1.82) is 0 Å². The first-order chi connectivity index (χ1) is 11.3. The molecule has 24 heavy (non-hydrogen) atoms. The summed E-state index contributed by atoms with van der Waals surface area (Å²) in [5.74, 6) is 0.212. The number of amides is 1. The van der Waals surface area contributed by atoms with Crippen molar-refractivity contribution in [3.8, 4) is 11.5 Å². The van der Waals surface area contributed by atoms with Crippen LogP contribution in [0.5, 0.6) is 11.5 Å². The number of carbonyl (C=O) groups excluding carboxylic acids is 1. The van der Waals surface area contributed by atoms with Crippen LogP contribution in [0.2, 0.25) is 0 Å². The number of ether oxygens (including phenoxy) is 2. The Bertz CT molecular complexity index is 839. The van der Waals surface area contributed by atoms with E-state index in [0.717, 1.165) is 15.6 Å². The molecule has 0 fully saturated rings. The summed E-state index contributed by atoms with van der Waals surface area (Å²) in [5.41, 5.74) is -0.0531. The van der Waals surface area contributed by atoms with Crippen LogP contribution in [-0.2, 0) is 11.3 Å². The standard InChI is InChI=1S/C17H19NO5S/c1-17(2,16(20)21)8-18-7-10-9-5-11(22-3)12(23-4)6-13(9)24-14(10)15(18)19/h5-6H,7-8H2,1-4H3,(H,20,21). The highest BCUT2D eigenvalue weighted by Crippen LogP contribution is 2.43. The van der Waals surface area contributed by atoms with Crippen LogP contribution < -0.4 is 9.47 Å². The van der Waals surface area contributed by atoms with Gasteiger partial charge in [-0.3, -0.25) is 9.59 Å². The summed E-state index contributed by atoms with van der Waals surface area (Å²) in [6.45, 7) is 3.85. The molecule has 0 aliphatic carbocycles. The lowest BCUT2D eigenvalue weighted by Gasteiger charge is -2.26. The SMILES string of the molecule is COc1cc2sc3c(c2cc1OC)CN(CC(C)(C)C(=O)O)C3=O. The molecule has 2 heterocycles. The Labute approximate surface area is 143 Å². The van der Waals surface area contributed by atoms with Gasteiger partial charge in [-0.2, -0.15) is 0 Å². The number of aliphatic carboxylic acids is 1. The predicted octanol–water partition coefficient (Wildman–Crippen LogP) is 2.99. The number of fused-ring (bicyclic) bond motifs is 3. The first-order valence-corrected chi connectivity index (χ1v) is 8.30. The molecule has 6 nitrogen and oxygen atoms in total. The first kappa shape index (κ1) is 16.6. The zero-order valence-corrected chi connectivity index (χ0v) is 14.8. The fourth-order valence-electron chi connectivity index (χ4n) is 2.88. The quantitative estimate of drug-likeness (QED) is 0.898. The lowest BCUT2D eigenvalue weighted by molar-refractivity contribution is -0.147. The molecule has 0 bridgehead atoms. The molecule has 0 radical (unpaired) electrons. The van der Waals surface area contributed by atoms with E-state index < -0.39 is 11.4 Å². The normalized spacial score (nSPS) is 14.2. The van der Waals surface area contributed by atoms with Crippen LogP contribution in [0.1, 0.15) is 29.1 Å². The first-order valence-electron chi connectivity index (χ1n) is 7.48. The zero-order chi connectivity index (χ0) is 17.6. The fourth-order valence-corrected chi connectivity index (χ4v) is 4.08. The van der Waals surface area contributed by atoms with Gasteiger partial charge in [-0.15, -0.1) is 11.3 Å². The van der Waals surface area contributed by atoms with Crippen LogP contribution in [0.4, 0.5) is 0 Å². The molecule has 7 heteroatoms. The largest absolute Gasteiger partial charge is 0.493 e. The number of carboxylic acids is 1. The van der Waals surface area contributed by atoms with E-state index in [0.29, 0.717) is 22.9 Å². The van der Waals surface area contributed by atoms with Crippen LogP contribution >= 0.6 is 11.3 Å². The molecule has 128 valence electrons. The Morgan fingerprint density at radius 1 is 1.29 bits per heavy atom. The smallest absolute Gasteiger partial charge is 0.310 e. The Morgan fingerprint density at radius 2 is 1.92 bits per heavy atom. The summed E-state index contributed by atoms with van der Waals surface area (Å²) in [6.07, 6.45) is 0. The number of hydrogen-bond acceptors (Lipinski definition) is 5. The van der Waals surface area contributed by atoms with Gasteiger partial charge in [-0.1, -0.05) is 0 Å². The van der Waals surface area contributed by atoms with Gasteiger partial charge in [0.25, 0.3) is 5.91 Å². The molecule has 1 aliphatic heterocycles. The molecule has 2 aromatic rings. The average Bonchev–Trinajstić information content (AvgIpc) is 3.02. The minimum Gasteiger partial charge on any atom is -0.493 e. The number of nitrogens with zero attached hydrogens (tertiary/aromatic N) is 1. The molecular formula is C17H19NO5S. The zero-order valence-electron chi connectivity index (χ0n) is 14.0. The minimum absolute atomic E-state index is 0.113. The van der Waals surface area contributed by atoms with E-state index in [1.54, 1.807) is 33.0 Å². The number of carboxylic acid groups (broad SMARTS) is 1. The summed E-state index contributed by atoms with van der Waals surface area (Å²) in [4.78, 5) is 26.3. The van der Waals surface area contributed by atoms with Crippen molar-refractivity contribution in [1.82, 2.24) is 4.90 Å². The fraction of sp³-hybridized carbons (Fsp3) is 0.412. The van der Waals surface area contributed by atoms with Gasteiger partial charge in [-0.25, -0.2) is 0 Å². The minimum atomic E-state index is -0.986. The highest BCUT2D eigenvalue weighted by molar-refractivity contribution is 7.21. The maximum absolute atomic E-state index is 12.7. The summed E-state index contributed by atoms with van der Waals surface area (Å²) in [5, 5.41) is 10.2. The monoisotopic (exact) mass is 349 g/mol. The summed E-state index contributed by atoms with van der Waals surface area (Å²) >= 11 is 1.41. The van der Waals surface area contributed by atoms with Crippen molar-refractivity contribution in [2.75, 3.05) is 20.8 Å². The van der Waals surface area contributed by atoms with Gasteiger partial charge in [0.1, 0.15) is 0 Å². The maximum atomic E-state index is 12.7. The maximum Gasteiger partial charge on any atom is 0.310 e. The van der Waals surface area contributed by atoms with Crippen LogP contribution in [0.25, 0.3) is 10.1 Å². The topological polar surface area (TPSA) is 76.1 Å². The van der Waals surface area contributed by atoms with Gasteiger partial charge in [-0.05, 0) is 19.9 Å². The molecule has 1 amide bonds. The van der Waals surface area contributed by atoms with Gasteiger partial charge in [0.15, 0.2) is 11.5 Å². The van der Waals surface area contributed by atoms with Crippen LogP contribution in [-0.4, -0.2) is 42.6 Å². The molecule has 1 N–H and O–H groups in total. The van der Waals surface area contributed by atoms with Crippen molar-refractivity contribution < 1.29 is 24.2 Å². The van der Waals surface area contributed by atoms with Gasteiger partial charge >= 0.3 is 5.97 Å².